The van der Waals surface area contributed by atoms with Crippen LogP contribution in [0.5, 0.6) is 0 Å². The maximum Gasteiger partial charge on any atom is 0.243 e. The predicted octanol–water partition coefficient (Wildman–Crippen LogP) is 3.82. The number of amides is 1. The van der Waals surface area contributed by atoms with Crippen LogP contribution in [0.2, 0.25) is 0 Å². The second-order valence-electron chi connectivity index (χ2n) is 8.77. The predicted molar refractivity (Wildman–Crippen MR) is 133 cm³/mol. The molecule has 1 amide bonds. The molecule has 3 aromatic rings. The highest BCUT2D eigenvalue weighted by atomic mass is 32.2. The van der Waals surface area contributed by atoms with E-state index in [0.29, 0.717) is 31.1 Å². The Hall–Kier alpha value is -2.40. The van der Waals surface area contributed by atoms with Gasteiger partial charge in [-0.05, 0) is 76.3 Å². The number of thiazole rings is 1. The van der Waals surface area contributed by atoms with E-state index in [9.17, 15) is 17.6 Å². The lowest BCUT2D eigenvalue weighted by atomic mass is 9.98. The molecule has 1 saturated heterocycles. The summed E-state index contributed by atoms with van der Waals surface area (Å²) in [6.07, 6.45) is 1.98. The standard InChI is InChI=1S/C24H29FN4O3S2/c1-27(2)14-6-16-29(24-26-21-8-3-4-9-22(21)33-24)23(30)18-7-5-15-28(17-18)34(31,32)20-12-10-19(25)11-13-20/h3-4,8-13,18H,5-7,14-17H2,1-2H3. The third-order valence-electron chi connectivity index (χ3n) is 5.95. The van der Waals surface area contributed by atoms with E-state index < -0.39 is 21.8 Å². The molecule has 1 aliphatic rings. The van der Waals surface area contributed by atoms with Crippen molar-refractivity contribution in [1.29, 1.82) is 0 Å². The maximum absolute atomic E-state index is 13.7. The first-order valence-electron chi connectivity index (χ1n) is 11.3. The van der Waals surface area contributed by atoms with Crippen LogP contribution in [0.1, 0.15) is 19.3 Å². The number of aromatic nitrogens is 1. The van der Waals surface area contributed by atoms with Gasteiger partial charge in [0.2, 0.25) is 15.9 Å². The summed E-state index contributed by atoms with van der Waals surface area (Å²) in [4.78, 5) is 22.2. The Kier molecular flexibility index (Phi) is 7.61. The molecule has 0 spiro atoms. The molecular formula is C24H29FN4O3S2. The number of sulfonamides is 1. The number of nitrogens with zero attached hydrogens (tertiary/aromatic N) is 4. The number of anilines is 1. The first-order chi connectivity index (χ1) is 16.3. The zero-order valence-corrected chi connectivity index (χ0v) is 21.0. The summed E-state index contributed by atoms with van der Waals surface area (Å²) >= 11 is 1.47. The summed E-state index contributed by atoms with van der Waals surface area (Å²) in [6, 6.07) is 12.6. The minimum absolute atomic E-state index is 0.0380. The largest absolute Gasteiger partial charge is 0.309 e. The Morgan fingerprint density at radius 3 is 2.59 bits per heavy atom. The number of para-hydroxylation sites is 1. The van der Waals surface area contributed by atoms with Crippen molar-refractivity contribution in [3.05, 3.63) is 54.3 Å². The van der Waals surface area contributed by atoms with Crippen LogP contribution in [0.25, 0.3) is 10.2 Å². The topological polar surface area (TPSA) is 73.8 Å². The fourth-order valence-electron chi connectivity index (χ4n) is 4.16. The van der Waals surface area contributed by atoms with Gasteiger partial charge in [-0.2, -0.15) is 4.31 Å². The van der Waals surface area contributed by atoms with Gasteiger partial charge < -0.3 is 4.90 Å². The third-order valence-corrected chi connectivity index (χ3v) is 8.89. The molecule has 0 saturated carbocycles. The fraction of sp³-hybridized carbons (Fsp3) is 0.417. The summed E-state index contributed by atoms with van der Waals surface area (Å²) in [5, 5.41) is 0.642. The Morgan fingerprint density at radius 1 is 1.15 bits per heavy atom. The van der Waals surface area contributed by atoms with Gasteiger partial charge in [0.05, 0.1) is 21.0 Å². The van der Waals surface area contributed by atoms with Gasteiger partial charge >= 0.3 is 0 Å². The van der Waals surface area contributed by atoms with Crippen molar-refractivity contribution >= 4 is 42.6 Å². The SMILES string of the molecule is CN(C)CCCN(C(=O)C1CCCN(S(=O)(=O)c2ccc(F)cc2)C1)c1nc2ccccc2s1. The van der Waals surface area contributed by atoms with Gasteiger partial charge in [-0.25, -0.2) is 17.8 Å². The van der Waals surface area contributed by atoms with E-state index in [2.05, 4.69) is 4.90 Å². The molecule has 34 heavy (non-hydrogen) atoms. The molecule has 1 fully saturated rings. The van der Waals surface area contributed by atoms with E-state index in [1.54, 1.807) is 4.90 Å². The molecule has 1 unspecified atom stereocenters. The van der Waals surface area contributed by atoms with Crippen LogP contribution >= 0.6 is 11.3 Å². The molecule has 1 aliphatic heterocycles. The highest BCUT2D eigenvalue weighted by molar-refractivity contribution is 7.89. The molecule has 10 heteroatoms. The van der Waals surface area contributed by atoms with Crippen LogP contribution in [0.3, 0.4) is 0 Å². The first kappa shape index (κ1) is 24.7. The van der Waals surface area contributed by atoms with E-state index in [1.807, 2.05) is 38.4 Å². The number of rotatable bonds is 8. The van der Waals surface area contributed by atoms with E-state index in [1.165, 1.54) is 27.8 Å². The van der Waals surface area contributed by atoms with Gasteiger partial charge in [-0.15, -0.1) is 0 Å². The summed E-state index contributed by atoms with van der Waals surface area (Å²) in [6.45, 7) is 1.78. The number of halogens is 1. The number of carbonyl (C=O) groups excluding carboxylic acids is 1. The average molecular weight is 505 g/mol. The summed E-state index contributed by atoms with van der Waals surface area (Å²) < 4.78 is 41.9. The minimum atomic E-state index is -3.81. The van der Waals surface area contributed by atoms with Crippen LogP contribution in [-0.2, 0) is 14.8 Å². The molecule has 4 rings (SSSR count). The van der Waals surface area contributed by atoms with E-state index in [-0.39, 0.29) is 17.3 Å². The number of fused-ring (bicyclic) bond motifs is 1. The summed E-state index contributed by atoms with van der Waals surface area (Å²) in [7, 11) is 0.170. The monoisotopic (exact) mass is 504 g/mol. The van der Waals surface area contributed by atoms with Crippen LogP contribution in [-0.4, -0.2) is 68.8 Å². The Balaban J connectivity index is 1.56. The molecule has 1 atom stereocenters. The molecule has 0 radical (unpaired) electrons. The quantitative estimate of drug-likeness (QED) is 0.466. The zero-order valence-electron chi connectivity index (χ0n) is 19.4. The molecule has 0 N–H and O–H groups in total. The summed E-state index contributed by atoms with van der Waals surface area (Å²) in [5.41, 5.74) is 0.845. The highest BCUT2D eigenvalue weighted by Gasteiger charge is 2.36. The zero-order chi connectivity index (χ0) is 24.3. The van der Waals surface area contributed by atoms with Crippen molar-refractivity contribution in [2.24, 2.45) is 5.92 Å². The van der Waals surface area contributed by atoms with Crippen LogP contribution in [0.15, 0.2) is 53.4 Å². The van der Waals surface area contributed by atoms with Crippen LogP contribution in [0.4, 0.5) is 9.52 Å². The molecule has 0 aliphatic carbocycles. The van der Waals surface area contributed by atoms with Gasteiger partial charge in [-0.1, -0.05) is 23.5 Å². The normalized spacial score (nSPS) is 17.4. The van der Waals surface area contributed by atoms with E-state index in [4.69, 9.17) is 4.98 Å². The fourth-order valence-corrected chi connectivity index (χ4v) is 6.68. The lowest BCUT2D eigenvalue weighted by molar-refractivity contribution is -0.123. The molecule has 2 aromatic carbocycles. The second kappa shape index (κ2) is 10.5. The van der Waals surface area contributed by atoms with Crippen molar-refractivity contribution < 1.29 is 17.6 Å². The number of benzene rings is 2. The van der Waals surface area contributed by atoms with Crippen molar-refractivity contribution in [3.8, 4) is 0 Å². The number of piperidine rings is 1. The Bertz CT molecular complexity index is 1210. The maximum atomic E-state index is 13.7. The van der Waals surface area contributed by atoms with Gasteiger partial charge in [0.1, 0.15) is 5.82 Å². The van der Waals surface area contributed by atoms with E-state index in [0.717, 1.165) is 35.3 Å². The smallest absolute Gasteiger partial charge is 0.243 e. The van der Waals surface area contributed by atoms with Gasteiger partial charge in [-0.3, -0.25) is 9.69 Å². The van der Waals surface area contributed by atoms with Gasteiger partial charge in [0.15, 0.2) is 5.13 Å². The Labute approximate surface area is 203 Å². The Morgan fingerprint density at radius 2 is 1.88 bits per heavy atom. The van der Waals surface area contributed by atoms with Crippen molar-refractivity contribution in [1.82, 2.24) is 14.2 Å². The van der Waals surface area contributed by atoms with Gasteiger partial charge in [0.25, 0.3) is 0 Å². The molecule has 0 bridgehead atoms. The number of hydrogen-bond donors (Lipinski definition) is 0. The molecular weight excluding hydrogens is 475 g/mol. The van der Waals surface area contributed by atoms with Crippen molar-refractivity contribution in [3.63, 3.8) is 0 Å². The summed E-state index contributed by atoms with van der Waals surface area (Å²) in [5.74, 6) is -1.05. The van der Waals surface area contributed by atoms with Crippen LogP contribution < -0.4 is 4.90 Å². The van der Waals surface area contributed by atoms with Crippen molar-refractivity contribution in [2.45, 2.75) is 24.2 Å². The number of carbonyl (C=O) groups is 1. The van der Waals surface area contributed by atoms with Crippen molar-refractivity contribution in [2.75, 3.05) is 45.2 Å². The highest BCUT2D eigenvalue weighted by Crippen LogP contribution is 2.32. The minimum Gasteiger partial charge on any atom is -0.309 e. The average Bonchev–Trinajstić information content (AvgIpc) is 3.25. The van der Waals surface area contributed by atoms with Gasteiger partial charge in [0, 0.05) is 19.6 Å². The molecule has 7 nitrogen and oxygen atoms in total. The first-order valence-corrected chi connectivity index (χ1v) is 13.6. The third kappa shape index (κ3) is 5.46. The lowest BCUT2D eigenvalue weighted by Gasteiger charge is -2.33. The molecule has 182 valence electrons. The van der Waals surface area contributed by atoms with Crippen LogP contribution in [0, 0.1) is 11.7 Å². The molecule has 2 heterocycles. The second-order valence-corrected chi connectivity index (χ2v) is 11.7. The molecule has 1 aromatic heterocycles. The lowest BCUT2D eigenvalue weighted by Crippen LogP contribution is -2.47. The number of hydrogen-bond acceptors (Lipinski definition) is 6. The van der Waals surface area contributed by atoms with E-state index >= 15 is 0 Å².